The van der Waals surface area contributed by atoms with E-state index in [1.807, 2.05) is 0 Å². The van der Waals surface area contributed by atoms with Crippen LogP contribution in [-0.4, -0.2) is 20.9 Å². The molecule has 0 aliphatic carbocycles. The molecule has 0 rings (SSSR count). The van der Waals surface area contributed by atoms with Gasteiger partial charge in [0.15, 0.2) is 0 Å². The number of rotatable bonds is 2. The van der Waals surface area contributed by atoms with Crippen LogP contribution in [0.2, 0.25) is 0 Å². The Labute approximate surface area is 52.4 Å². The van der Waals surface area contributed by atoms with E-state index in [-0.39, 0.29) is 0 Å². The highest BCUT2D eigenvalue weighted by atomic mass is 32.2. The van der Waals surface area contributed by atoms with Crippen LogP contribution < -0.4 is 15.6 Å². The summed E-state index contributed by atoms with van der Waals surface area (Å²) in [4.78, 5) is 10.1. The lowest BCUT2D eigenvalue weighted by Crippen LogP contribution is -2.39. The molecule has 0 fully saturated rings. The molecule has 0 aromatic rings. The van der Waals surface area contributed by atoms with Gasteiger partial charge in [0.2, 0.25) is 5.91 Å². The van der Waals surface area contributed by atoms with Crippen molar-refractivity contribution in [2.75, 3.05) is 6.54 Å². The van der Waals surface area contributed by atoms with Gasteiger partial charge >= 0.3 is 0 Å². The zero-order valence-corrected chi connectivity index (χ0v) is 5.31. The Bertz CT molecular complexity index is 195. The molecule has 0 aliphatic rings. The average molecular weight is 153 g/mol. The van der Waals surface area contributed by atoms with Gasteiger partial charge in [0, 0.05) is 0 Å². The second kappa shape index (κ2) is 2.76. The molecular formula is C2H7N3O3S. The molecule has 0 saturated carbocycles. The van der Waals surface area contributed by atoms with Gasteiger partial charge in [-0.05, 0) is 0 Å². The molecule has 0 heterocycles. The Balaban J connectivity index is 3.91. The number of amides is 1. The lowest BCUT2D eigenvalue weighted by atomic mass is 10.7. The molecule has 54 valence electrons. The molecule has 1 amide bonds. The Morgan fingerprint density at radius 1 is 1.56 bits per heavy atom. The molecule has 0 aliphatic heterocycles. The van der Waals surface area contributed by atoms with E-state index in [2.05, 4.69) is 5.14 Å². The van der Waals surface area contributed by atoms with Crippen molar-refractivity contribution in [2.45, 2.75) is 0 Å². The minimum absolute atomic E-state index is 0.392. The second-order valence-corrected chi connectivity index (χ2v) is 2.57. The van der Waals surface area contributed by atoms with E-state index < -0.39 is 22.7 Å². The minimum atomic E-state index is -3.91. The van der Waals surface area contributed by atoms with E-state index in [0.29, 0.717) is 0 Å². The van der Waals surface area contributed by atoms with Crippen LogP contribution in [0, 0.1) is 0 Å². The highest BCUT2D eigenvalue weighted by molar-refractivity contribution is 7.87. The van der Waals surface area contributed by atoms with E-state index >= 15 is 0 Å². The number of carbonyl (C=O) groups is 1. The molecule has 0 radical (unpaired) electrons. The number of hydrogen-bond acceptors (Lipinski definition) is 4. The monoisotopic (exact) mass is 153 g/mol. The Morgan fingerprint density at radius 2 is 2.00 bits per heavy atom. The summed E-state index contributed by atoms with van der Waals surface area (Å²) in [6.07, 6.45) is 0. The highest BCUT2D eigenvalue weighted by Crippen LogP contribution is 1.65. The molecule has 0 saturated heterocycles. The molecular weight excluding hydrogens is 146 g/mol. The van der Waals surface area contributed by atoms with Crippen LogP contribution in [0.5, 0.6) is 0 Å². The van der Waals surface area contributed by atoms with E-state index in [1.54, 1.807) is 0 Å². The molecule has 0 aromatic carbocycles. The average Bonchev–Trinajstić information content (AvgIpc) is 1.62. The number of carbonyl (C=O) groups excluding carboxylic acids is 1. The summed E-state index contributed by atoms with van der Waals surface area (Å²) in [7, 11) is -3.91. The van der Waals surface area contributed by atoms with Crippen LogP contribution in [0.1, 0.15) is 0 Å². The maximum atomic E-state index is 10.1. The van der Waals surface area contributed by atoms with Gasteiger partial charge in [-0.15, -0.1) is 0 Å². The lowest BCUT2D eigenvalue weighted by molar-refractivity contribution is -0.118. The third-order valence-electron chi connectivity index (χ3n) is 0.441. The SMILES string of the molecule is NCC(=O)NS(N)(=O)=O. The molecule has 0 atom stereocenters. The molecule has 0 aromatic heterocycles. The molecule has 7 heteroatoms. The van der Waals surface area contributed by atoms with Crippen molar-refractivity contribution >= 4 is 16.1 Å². The van der Waals surface area contributed by atoms with Crippen molar-refractivity contribution in [1.29, 1.82) is 0 Å². The highest BCUT2D eigenvalue weighted by Gasteiger charge is 2.04. The first-order valence-corrected chi connectivity index (χ1v) is 3.54. The first kappa shape index (κ1) is 8.34. The zero-order chi connectivity index (χ0) is 7.49. The third-order valence-corrected chi connectivity index (χ3v) is 0.954. The van der Waals surface area contributed by atoms with Gasteiger partial charge in [-0.3, -0.25) is 4.79 Å². The first-order chi connectivity index (χ1) is 3.95. The second-order valence-electron chi connectivity index (χ2n) is 1.27. The van der Waals surface area contributed by atoms with Crippen LogP contribution in [0.25, 0.3) is 0 Å². The Kier molecular flexibility index (Phi) is 2.56. The maximum Gasteiger partial charge on any atom is 0.298 e. The van der Waals surface area contributed by atoms with Crippen LogP contribution in [0.3, 0.4) is 0 Å². The largest absolute Gasteiger partial charge is 0.322 e. The standard InChI is InChI=1S/C2H7N3O3S/c3-1-2(6)5-9(4,7)8/h1,3H2,(H,5,6)(H2,4,7,8). The summed E-state index contributed by atoms with van der Waals surface area (Å²) < 4.78 is 21.4. The first-order valence-electron chi connectivity index (χ1n) is 1.99. The fraction of sp³-hybridized carbons (Fsp3) is 0.500. The number of nitrogens with two attached hydrogens (primary N) is 2. The van der Waals surface area contributed by atoms with Gasteiger partial charge in [-0.2, -0.15) is 8.42 Å². The van der Waals surface area contributed by atoms with E-state index in [9.17, 15) is 13.2 Å². The van der Waals surface area contributed by atoms with Gasteiger partial charge in [0.25, 0.3) is 10.2 Å². The summed E-state index contributed by atoms with van der Waals surface area (Å²) in [6, 6.07) is 0. The van der Waals surface area contributed by atoms with Crippen molar-refractivity contribution in [2.24, 2.45) is 10.9 Å². The smallest absolute Gasteiger partial charge is 0.298 e. The number of nitrogens with one attached hydrogen (secondary N) is 1. The van der Waals surface area contributed by atoms with Crippen LogP contribution in [0.4, 0.5) is 0 Å². The quantitative estimate of drug-likeness (QED) is 0.399. The fourth-order valence-corrected chi connectivity index (χ4v) is 0.601. The lowest BCUT2D eigenvalue weighted by Gasteiger charge is -1.96. The van der Waals surface area contributed by atoms with Crippen molar-refractivity contribution in [3.05, 3.63) is 0 Å². The predicted molar refractivity (Wildman–Crippen MR) is 30.3 cm³/mol. The summed E-state index contributed by atoms with van der Waals surface area (Å²) in [5, 5.41) is 4.40. The van der Waals surface area contributed by atoms with E-state index in [1.165, 1.54) is 4.72 Å². The topological polar surface area (TPSA) is 115 Å². The molecule has 6 nitrogen and oxygen atoms in total. The third kappa shape index (κ3) is 5.21. The molecule has 0 bridgehead atoms. The summed E-state index contributed by atoms with van der Waals surface area (Å²) in [6.45, 7) is -0.392. The van der Waals surface area contributed by atoms with Crippen LogP contribution in [0.15, 0.2) is 0 Å². The van der Waals surface area contributed by atoms with Crippen molar-refractivity contribution < 1.29 is 13.2 Å². The Hall–Kier alpha value is -0.660. The van der Waals surface area contributed by atoms with Crippen molar-refractivity contribution in [3.63, 3.8) is 0 Å². The number of hydrogen-bond donors (Lipinski definition) is 3. The van der Waals surface area contributed by atoms with E-state index in [0.717, 1.165) is 0 Å². The normalized spacial score (nSPS) is 10.9. The van der Waals surface area contributed by atoms with Gasteiger partial charge in [-0.1, -0.05) is 0 Å². The van der Waals surface area contributed by atoms with Gasteiger partial charge in [0.1, 0.15) is 0 Å². The van der Waals surface area contributed by atoms with Crippen molar-refractivity contribution in [1.82, 2.24) is 4.72 Å². The van der Waals surface area contributed by atoms with Crippen LogP contribution in [-0.2, 0) is 15.0 Å². The van der Waals surface area contributed by atoms with Gasteiger partial charge < -0.3 is 5.73 Å². The van der Waals surface area contributed by atoms with E-state index in [4.69, 9.17) is 5.73 Å². The molecule has 0 unspecified atom stereocenters. The zero-order valence-electron chi connectivity index (χ0n) is 4.49. The molecule has 0 spiro atoms. The summed E-state index contributed by atoms with van der Waals surface area (Å²) in [5.74, 6) is -0.822. The maximum absolute atomic E-state index is 10.1. The van der Waals surface area contributed by atoms with Crippen molar-refractivity contribution in [3.8, 4) is 0 Å². The molecule has 5 N–H and O–H groups in total. The minimum Gasteiger partial charge on any atom is -0.322 e. The van der Waals surface area contributed by atoms with Gasteiger partial charge in [0.05, 0.1) is 6.54 Å². The van der Waals surface area contributed by atoms with Gasteiger partial charge in [-0.25, -0.2) is 9.86 Å². The predicted octanol–water partition coefficient (Wildman–Crippen LogP) is -2.74. The Morgan fingerprint density at radius 3 is 2.11 bits per heavy atom. The van der Waals surface area contributed by atoms with Crippen LogP contribution >= 0.6 is 0 Å². The molecule has 9 heavy (non-hydrogen) atoms. The fourth-order valence-electron chi connectivity index (χ4n) is 0.200. The summed E-state index contributed by atoms with van der Waals surface area (Å²) in [5.41, 5.74) is 4.75. The summed E-state index contributed by atoms with van der Waals surface area (Å²) >= 11 is 0.